The number of nitrogens with one attached hydrogen (secondary N) is 1. The van der Waals surface area contributed by atoms with Crippen molar-refractivity contribution in [2.24, 2.45) is 0 Å². The molecule has 8 heteroatoms. The second kappa shape index (κ2) is 7.50. The maximum atomic E-state index is 11.7. The zero-order valence-electron chi connectivity index (χ0n) is 12.3. The van der Waals surface area contributed by atoms with Gasteiger partial charge in [-0.1, -0.05) is 41.2 Å². The molecule has 7 nitrogen and oxygen atoms in total. The standard InChI is InChI=1S/C15H14N2O5S/c1-10-2-4-11(5-3-10)8-16-13(18)9-22-15(19)12-6-7-14(23-12)17(20)21/h2-7H,8-9H2,1H3,(H,16,18). The number of aryl methyl sites for hydroxylation is 1. The summed E-state index contributed by atoms with van der Waals surface area (Å²) in [6.07, 6.45) is 0. The van der Waals surface area contributed by atoms with Gasteiger partial charge < -0.3 is 10.1 Å². The topological polar surface area (TPSA) is 98.5 Å². The van der Waals surface area contributed by atoms with Gasteiger partial charge in [0.25, 0.3) is 5.91 Å². The van der Waals surface area contributed by atoms with Crippen LogP contribution in [0.1, 0.15) is 20.8 Å². The lowest BCUT2D eigenvalue weighted by atomic mass is 10.1. The molecule has 0 fully saturated rings. The van der Waals surface area contributed by atoms with Gasteiger partial charge in [-0.15, -0.1) is 0 Å². The van der Waals surface area contributed by atoms with E-state index < -0.39 is 23.4 Å². The van der Waals surface area contributed by atoms with Gasteiger partial charge in [0, 0.05) is 12.6 Å². The number of hydrogen-bond donors (Lipinski definition) is 1. The number of ether oxygens (including phenoxy) is 1. The smallest absolute Gasteiger partial charge is 0.349 e. The van der Waals surface area contributed by atoms with E-state index in [1.54, 1.807) is 0 Å². The van der Waals surface area contributed by atoms with Crippen LogP contribution in [0.2, 0.25) is 0 Å². The summed E-state index contributed by atoms with van der Waals surface area (Å²) in [5, 5.41) is 13.0. The van der Waals surface area contributed by atoms with Crippen LogP contribution in [0.4, 0.5) is 5.00 Å². The molecule has 1 heterocycles. The molecule has 0 saturated heterocycles. The lowest BCUT2D eigenvalue weighted by Crippen LogP contribution is -2.28. The molecule has 0 atom stereocenters. The van der Waals surface area contributed by atoms with Crippen LogP contribution in [0.3, 0.4) is 0 Å². The molecule has 2 aromatic rings. The number of carbonyl (C=O) groups is 2. The Kier molecular flexibility index (Phi) is 5.42. The summed E-state index contributed by atoms with van der Waals surface area (Å²) in [7, 11) is 0. The molecule has 0 aliphatic heterocycles. The van der Waals surface area contributed by atoms with Crippen molar-refractivity contribution in [3.05, 3.63) is 62.5 Å². The van der Waals surface area contributed by atoms with Crippen LogP contribution in [0, 0.1) is 17.0 Å². The highest BCUT2D eigenvalue weighted by molar-refractivity contribution is 7.17. The van der Waals surface area contributed by atoms with Gasteiger partial charge in [-0.3, -0.25) is 14.9 Å². The van der Waals surface area contributed by atoms with Gasteiger partial charge in [-0.2, -0.15) is 0 Å². The molecule has 1 amide bonds. The normalized spacial score (nSPS) is 10.1. The molecule has 120 valence electrons. The Morgan fingerprint density at radius 3 is 2.52 bits per heavy atom. The first kappa shape index (κ1) is 16.6. The molecule has 2 rings (SSSR count). The second-order valence-electron chi connectivity index (χ2n) is 4.73. The predicted octanol–water partition coefficient (Wildman–Crippen LogP) is 2.44. The minimum Gasteiger partial charge on any atom is -0.451 e. The van der Waals surface area contributed by atoms with Gasteiger partial charge in [0.1, 0.15) is 4.88 Å². The van der Waals surface area contributed by atoms with Gasteiger partial charge >= 0.3 is 11.0 Å². The average Bonchev–Trinajstić information content (AvgIpc) is 3.02. The third kappa shape index (κ3) is 4.89. The van der Waals surface area contributed by atoms with E-state index in [-0.39, 0.29) is 9.88 Å². The SMILES string of the molecule is Cc1ccc(CNC(=O)COC(=O)c2ccc([N+](=O)[O-])s2)cc1. The highest BCUT2D eigenvalue weighted by Crippen LogP contribution is 2.24. The molecular formula is C15H14N2O5S. The summed E-state index contributed by atoms with van der Waals surface area (Å²) in [5.74, 6) is -1.20. The van der Waals surface area contributed by atoms with Crippen LogP contribution < -0.4 is 5.32 Å². The van der Waals surface area contributed by atoms with Crippen molar-refractivity contribution in [2.45, 2.75) is 13.5 Å². The molecule has 0 aliphatic rings. The Balaban J connectivity index is 1.78. The summed E-state index contributed by atoms with van der Waals surface area (Å²) in [5.41, 5.74) is 2.06. The molecule has 1 N–H and O–H groups in total. The number of nitrogens with zero attached hydrogens (tertiary/aromatic N) is 1. The maximum absolute atomic E-state index is 11.7. The maximum Gasteiger partial charge on any atom is 0.349 e. The largest absolute Gasteiger partial charge is 0.451 e. The van der Waals surface area contributed by atoms with Crippen molar-refractivity contribution in [3.8, 4) is 0 Å². The first-order valence-corrected chi connectivity index (χ1v) is 7.51. The van der Waals surface area contributed by atoms with Gasteiger partial charge in [-0.05, 0) is 18.6 Å². The fraction of sp³-hybridized carbons (Fsp3) is 0.200. The van der Waals surface area contributed by atoms with E-state index in [0.29, 0.717) is 17.9 Å². The number of esters is 1. The molecule has 23 heavy (non-hydrogen) atoms. The zero-order chi connectivity index (χ0) is 16.8. The Morgan fingerprint density at radius 2 is 1.91 bits per heavy atom. The molecule has 0 radical (unpaired) electrons. The number of benzene rings is 1. The number of hydrogen-bond acceptors (Lipinski definition) is 6. The van der Waals surface area contributed by atoms with Crippen LogP contribution in [-0.4, -0.2) is 23.4 Å². The van der Waals surface area contributed by atoms with Gasteiger partial charge in [0.15, 0.2) is 6.61 Å². The van der Waals surface area contributed by atoms with Crippen LogP contribution >= 0.6 is 11.3 Å². The summed E-state index contributed by atoms with van der Waals surface area (Å²) in [6, 6.07) is 10.2. The lowest BCUT2D eigenvalue weighted by molar-refractivity contribution is -0.380. The number of amides is 1. The third-order valence-corrected chi connectivity index (χ3v) is 3.93. The minimum atomic E-state index is -0.756. The highest BCUT2D eigenvalue weighted by Gasteiger charge is 2.17. The number of nitro groups is 1. The van der Waals surface area contributed by atoms with E-state index in [1.165, 1.54) is 12.1 Å². The number of rotatable bonds is 6. The molecule has 1 aromatic heterocycles. The highest BCUT2D eigenvalue weighted by atomic mass is 32.1. The Hall–Kier alpha value is -2.74. The van der Waals surface area contributed by atoms with Crippen LogP contribution in [-0.2, 0) is 16.1 Å². The Labute approximate surface area is 136 Å². The van der Waals surface area contributed by atoms with Gasteiger partial charge in [0.05, 0.1) is 4.92 Å². The summed E-state index contributed by atoms with van der Waals surface area (Å²) >= 11 is 0.707. The van der Waals surface area contributed by atoms with E-state index in [2.05, 4.69) is 5.32 Å². The number of thiophene rings is 1. The second-order valence-corrected chi connectivity index (χ2v) is 5.80. The molecule has 0 spiro atoms. The van der Waals surface area contributed by atoms with Crippen molar-refractivity contribution in [1.29, 1.82) is 0 Å². The molecule has 0 unspecified atom stereocenters. The molecule has 0 bridgehead atoms. The first-order chi connectivity index (χ1) is 11.0. The fourth-order valence-corrected chi connectivity index (χ4v) is 2.41. The Bertz CT molecular complexity index is 724. The van der Waals surface area contributed by atoms with Crippen LogP contribution in [0.25, 0.3) is 0 Å². The predicted molar refractivity (Wildman–Crippen MR) is 84.3 cm³/mol. The lowest BCUT2D eigenvalue weighted by Gasteiger charge is -2.06. The van der Waals surface area contributed by atoms with Crippen molar-refractivity contribution >= 4 is 28.2 Å². The minimum absolute atomic E-state index is 0.0861. The van der Waals surface area contributed by atoms with Gasteiger partial charge in [0.2, 0.25) is 0 Å². The van der Waals surface area contributed by atoms with Crippen molar-refractivity contribution in [3.63, 3.8) is 0 Å². The molecule has 0 aliphatic carbocycles. The van der Waals surface area contributed by atoms with Gasteiger partial charge in [-0.25, -0.2) is 4.79 Å². The first-order valence-electron chi connectivity index (χ1n) is 6.69. The van der Waals surface area contributed by atoms with E-state index in [0.717, 1.165) is 11.1 Å². The van der Waals surface area contributed by atoms with Crippen LogP contribution in [0.15, 0.2) is 36.4 Å². The molecular weight excluding hydrogens is 320 g/mol. The Morgan fingerprint density at radius 1 is 1.22 bits per heavy atom. The third-order valence-electron chi connectivity index (χ3n) is 2.92. The van der Waals surface area contributed by atoms with Crippen LogP contribution in [0.5, 0.6) is 0 Å². The van der Waals surface area contributed by atoms with E-state index in [9.17, 15) is 19.7 Å². The summed E-state index contributed by atoms with van der Waals surface area (Å²) in [6.45, 7) is 1.87. The van der Waals surface area contributed by atoms with Crippen molar-refractivity contribution in [2.75, 3.05) is 6.61 Å². The molecule has 1 aromatic carbocycles. The average molecular weight is 334 g/mol. The van der Waals surface area contributed by atoms with E-state index in [4.69, 9.17) is 4.74 Å². The molecule has 0 saturated carbocycles. The fourth-order valence-electron chi connectivity index (χ4n) is 1.70. The summed E-state index contributed by atoms with van der Waals surface area (Å²) in [4.78, 5) is 33.4. The summed E-state index contributed by atoms with van der Waals surface area (Å²) < 4.78 is 4.83. The van der Waals surface area contributed by atoms with Crippen molar-refractivity contribution < 1.29 is 19.2 Å². The van der Waals surface area contributed by atoms with E-state index >= 15 is 0 Å². The number of carbonyl (C=O) groups excluding carboxylic acids is 2. The van der Waals surface area contributed by atoms with Crippen molar-refractivity contribution in [1.82, 2.24) is 5.32 Å². The monoisotopic (exact) mass is 334 g/mol. The van der Waals surface area contributed by atoms with E-state index in [1.807, 2.05) is 31.2 Å². The quantitative estimate of drug-likeness (QED) is 0.497. The zero-order valence-corrected chi connectivity index (χ0v) is 13.1.